The van der Waals surface area contributed by atoms with Crippen LogP contribution in [0.5, 0.6) is 0 Å². The van der Waals surface area contributed by atoms with Crippen LogP contribution in [0.3, 0.4) is 0 Å². The number of rotatable bonds is 6. The molecule has 0 aromatic carbocycles. The molecule has 6 heteroatoms. The first-order valence-electron chi connectivity index (χ1n) is 6.32. The third-order valence-electron chi connectivity index (χ3n) is 2.15. The Balaban J connectivity index is -0.0000000712. The Morgan fingerprint density at radius 2 is 1.00 bits per heavy atom. The van der Waals surface area contributed by atoms with E-state index in [9.17, 15) is 4.80 Å². The van der Waals surface area contributed by atoms with Crippen LogP contribution < -0.4 is 0 Å². The van der Waals surface area contributed by atoms with Gasteiger partial charge in [-0.05, 0) is 32.0 Å². The van der Waals surface area contributed by atoms with Gasteiger partial charge in [0.15, 0.2) is 8.32 Å². The van der Waals surface area contributed by atoms with Crippen LogP contribution in [0.4, 0.5) is 0 Å². The fourth-order valence-corrected chi connectivity index (χ4v) is 5.31. The summed E-state index contributed by atoms with van der Waals surface area (Å²) in [4.78, 5) is 10.2. The van der Waals surface area contributed by atoms with Crippen molar-refractivity contribution < 1.29 is 42.6 Å². The van der Waals surface area contributed by atoms with E-state index in [-0.39, 0.29) is 38.8 Å². The second-order valence-electron chi connectivity index (χ2n) is 4.57. The van der Waals surface area contributed by atoms with Gasteiger partial charge in [-0.1, -0.05) is 40.0 Å². The second-order valence-corrected chi connectivity index (χ2v) is 8.52. The zero-order valence-electron chi connectivity index (χ0n) is 12.7. The summed E-state index contributed by atoms with van der Waals surface area (Å²) in [7, 11) is -1.75. The topological polar surface area (TPSA) is 103 Å². The molecule has 0 bridgehead atoms. The molecule has 0 radical (unpaired) electrons. The molecule has 0 saturated heterocycles. The predicted octanol–water partition coefficient (Wildman–Crippen LogP) is 1.89. The van der Waals surface area contributed by atoms with E-state index in [0.29, 0.717) is 0 Å². The van der Waals surface area contributed by atoms with E-state index in [1.807, 2.05) is 0 Å². The number of hydrogen-bond donors (Lipinski definition) is 2. The van der Waals surface area contributed by atoms with Gasteiger partial charge in [-0.2, -0.15) is 0 Å². The predicted molar refractivity (Wildman–Crippen MR) is 77.8 cm³/mol. The van der Waals surface area contributed by atoms with Crippen molar-refractivity contribution in [2.75, 3.05) is 0 Å². The minimum atomic E-state index is -1.75. The summed E-state index contributed by atoms with van der Waals surface area (Å²) in [6.45, 7) is 9.95. The van der Waals surface area contributed by atoms with Gasteiger partial charge in [-0.15, -0.1) is 0 Å². The van der Waals surface area contributed by atoms with Crippen molar-refractivity contribution in [2.24, 2.45) is 0 Å². The summed E-state index contributed by atoms with van der Waals surface area (Å²) in [6, 6.07) is 3.32. The van der Waals surface area contributed by atoms with E-state index >= 15 is 0 Å². The quantitative estimate of drug-likeness (QED) is 0.730. The van der Waals surface area contributed by atoms with Crippen LogP contribution in [0, 0.1) is 0 Å². The smallest absolute Gasteiger partial charge is 0.188 e. The molecule has 0 aliphatic rings. The first-order valence-corrected chi connectivity index (χ1v) is 8.89. The maximum atomic E-state index is 10.2. The Morgan fingerprint density at radius 3 is 1.11 bits per heavy atom. The molecule has 0 rings (SSSR count). The SMILES string of the molecule is CC(C)O.CCC[Si](O)(CCC)CCC.O.O.[Ti]. The van der Waals surface area contributed by atoms with E-state index in [0.717, 1.165) is 37.4 Å². The van der Waals surface area contributed by atoms with E-state index in [4.69, 9.17) is 5.11 Å². The Bertz CT molecular complexity index is 117. The average Bonchev–Trinajstić information content (AvgIpc) is 2.03. The Labute approximate surface area is 129 Å². The summed E-state index contributed by atoms with van der Waals surface area (Å²) < 4.78 is 0. The largest absolute Gasteiger partial charge is 0.432 e. The molecule has 0 aliphatic heterocycles. The van der Waals surface area contributed by atoms with E-state index in [1.54, 1.807) is 13.8 Å². The zero-order valence-corrected chi connectivity index (χ0v) is 15.3. The molecule has 114 valence electrons. The molecule has 0 spiro atoms. The van der Waals surface area contributed by atoms with Gasteiger partial charge >= 0.3 is 0 Å². The number of aliphatic hydroxyl groups excluding tert-OH is 1. The third-order valence-corrected chi connectivity index (χ3v) is 6.44. The van der Waals surface area contributed by atoms with Crippen LogP contribution in [0.2, 0.25) is 18.1 Å². The van der Waals surface area contributed by atoms with Gasteiger partial charge in [0.1, 0.15) is 0 Å². The summed E-state index contributed by atoms with van der Waals surface area (Å²) in [5.41, 5.74) is 0. The fourth-order valence-electron chi connectivity index (χ4n) is 1.77. The van der Waals surface area contributed by atoms with Crippen molar-refractivity contribution in [2.45, 2.75) is 78.1 Å². The molecular weight excluding hydrogens is 284 g/mol. The molecule has 6 N–H and O–H groups in total. The van der Waals surface area contributed by atoms with Gasteiger partial charge in [0, 0.05) is 27.8 Å². The van der Waals surface area contributed by atoms with Gasteiger partial charge in [-0.25, -0.2) is 0 Å². The minimum absolute atomic E-state index is 0. The van der Waals surface area contributed by atoms with Crippen molar-refractivity contribution in [3.63, 3.8) is 0 Å². The van der Waals surface area contributed by atoms with Gasteiger partial charge < -0.3 is 20.9 Å². The molecule has 0 aromatic heterocycles. The zero-order chi connectivity index (χ0) is 12.3. The minimum Gasteiger partial charge on any atom is -0.432 e. The Hall–Kier alpha value is 0.771. The van der Waals surface area contributed by atoms with Crippen LogP contribution in [0.1, 0.15) is 53.9 Å². The van der Waals surface area contributed by atoms with Crippen molar-refractivity contribution in [3.05, 3.63) is 0 Å². The van der Waals surface area contributed by atoms with Crippen LogP contribution in [0.25, 0.3) is 0 Å². The number of aliphatic hydroxyl groups is 1. The maximum absolute atomic E-state index is 10.2. The average molecular weight is 318 g/mol. The molecule has 4 nitrogen and oxygen atoms in total. The molecule has 0 saturated carbocycles. The first kappa shape index (κ1) is 31.3. The molecule has 0 unspecified atom stereocenters. The van der Waals surface area contributed by atoms with Gasteiger partial charge in [0.25, 0.3) is 0 Å². The molecule has 0 aliphatic carbocycles. The summed E-state index contributed by atoms with van der Waals surface area (Å²) in [5, 5.41) is 8.06. The molecule has 0 aromatic rings. The van der Waals surface area contributed by atoms with Crippen LogP contribution >= 0.6 is 0 Å². The van der Waals surface area contributed by atoms with E-state index < -0.39 is 8.32 Å². The Kier molecular flexibility index (Phi) is 34.9. The van der Waals surface area contributed by atoms with Crippen LogP contribution in [-0.4, -0.2) is 35.3 Å². The standard InChI is InChI=1S/C9H22OSi.C3H8O.2H2O.Ti/c1-4-7-11(10,8-5-2)9-6-3;1-3(2)4;;;/h10H,4-9H2,1-3H3;3-4H,1-2H3;2*1H2;. The van der Waals surface area contributed by atoms with Crippen molar-refractivity contribution in [1.29, 1.82) is 0 Å². The van der Waals surface area contributed by atoms with Crippen LogP contribution in [-0.2, 0) is 21.7 Å². The first-order chi connectivity index (χ1) is 6.91. The fraction of sp³-hybridized carbons (Fsp3) is 1.00. The van der Waals surface area contributed by atoms with Crippen molar-refractivity contribution in [3.8, 4) is 0 Å². The van der Waals surface area contributed by atoms with Gasteiger partial charge in [0.2, 0.25) is 0 Å². The second kappa shape index (κ2) is 20.1. The molecule has 0 fully saturated rings. The third kappa shape index (κ3) is 25.6. The molecule has 18 heavy (non-hydrogen) atoms. The van der Waals surface area contributed by atoms with Gasteiger partial charge in [-0.3, -0.25) is 0 Å². The monoisotopic (exact) mass is 318 g/mol. The molecule has 0 heterocycles. The molecule has 0 amide bonds. The molecule has 0 atom stereocenters. The summed E-state index contributed by atoms with van der Waals surface area (Å²) in [5.74, 6) is 0. The Morgan fingerprint density at radius 1 is 0.833 bits per heavy atom. The summed E-state index contributed by atoms with van der Waals surface area (Å²) >= 11 is 0. The van der Waals surface area contributed by atoms with Gasteiger partial charge in [0.05, 0.1) is 0 Å². The molecular formula is C12H34O4SiTi. The summed E-state index contributed by atoms with van der Waals surface area (Å²) in [6.07, 6.45) is 3.30. The number of hydrogen-bond acceptors (Lipinski definition) is 2. The van der Waals surface area contributed by atoms with Crippen molar-refractivity contribution in [1.82, 2.24) is 0 Å². The van der Waals surface area contributed by atoms with Crippen molar-refractivity contribution >= 4 is 8.32 Å². The van der Waals surface area contributed by atoms with E-state index in [1.165, 1.54) is 0 Å². The normalized spacial score (nSPS) is 9.33. The van der Waals surface area contributed by atoms with E-state index in [2.05, 4.69) is 20.8 Å². The van der Waals surface area contributed by atoms with Crippen LogP contribution in [0.15, 0.2) is 0 Å². The maximum Gasteiger partial charge on any atom is 0.188 e.